The van der Waals surface area contributed by atoms with Gasteiger partial charge in [0.05, 0.1) is 31.6 Å². The third-order valence-electron chi connectivity index (χ3n) is 5.17. The predicted molar refractivity (Wildman–Crippen MR) is 135 cm³/mol. The van der Waals surface area contributed by atoms with Gasteiger partial charge in [0.2, 0.25) is 6.23 Å². The first-order chi connectivity index (χ1) is 16.1. The Balaban J connectivity index is 1.37. The van der Waals surface area contributed by atoms with Crippen molar-refractivity contribution in [3.63, 3.8) is 0 Å². The highest BCUT2D eigenvalue weighted by Gasteiger charge is 2.33. The summed E-state index contributed by atoms with van der Waals surface area (Å²) in [5.41, 5.74) is 2.61. The number of carbonyl (C=O) groups excluding carboxylic acids is 1. The average Bonchev–Trinajstić information content (AvgIpc) is 3.42. The number of carbonyl (C=O) groups is 1. The van der Waals surface area contributed by atoms with Crippen molar-refractivity contribution in [2.45, 2.75) is 6.23 Å². The molecule has 0 aliphatic carbocycles. The van der Waals surface area contributed by atoms with Crippen LogP contribution in [0.4, 0.5) is 10.3 Å². The molecular weight excluding hydrogens is 476 g/mol. The fraction of sp³-hybridized carbons (Fsp3) is 0.0417. The molecule has 1 atom stereocenters. The highest BCUT2D eigenvalue weighted by Crippen LogP contribution is 2.35. The Labute approximate surface area is 201 Å². The zero-order valence-electron chi connectivity index (χ0n) is 16.9. The Bertz CT molecular complexity index is 1490. The fourth-order valence-electron chi connectivity index (χ4n) is 3.62. The quantitative estimate of drug-likeness (QED) is 0.277. The Morgan fingerprint density at radius 3 is 2.30 bits per heavy atom. The number of anilines is 2. The number of halogens is 1. The minimum atomic E-state index is -0.728. The van der Waals surface area contributed by atoms with E-state index in [0.717, 1.165) is 20.4 Å². The Hall–Kier alpha value is -3.46. The van der Waals surface area contributed by atoms with E-state index in [-0.39, 0.29) is 5.78 Å². The molecule has 6 nitrogen and oxygen atoms in total. The summed E-state index contributed by atoms with van der Waals surface area (Å²) < 4.78 is 8.28. The molecule has 0 fully saturated rings. The van der Waals surface area contributed by atoms with E-state index in [0.29, 0.717) is 32.2 Å². The maximum absolute atomic E-state index is 13.4. The molecule has 162 valence electrons. The summed E-state index contributed by atoms with van der Waals surface area (Å²) >= 11 is 9.16. The van der Waals surface area contributed by atoms with Crippen LogP contribution in [0, 0.1) is 0 Å². The monoisotopic (exact) mass is 490 g/mol. The first kappa shape index (κ1) is 20.2. The summed E-state index contributed by atoms with van der Waals surface area (Å²) in [7, 11) is 0. The van der Waals surface area contributed by atoms with E-state index >= 15 is 0 Å². The molecule has 5 aromatic rings. The minimum absolute atomic E-state index is 0.175. The van der Waals surface area contributed by atoms with Gasteiger partial charge in [0.15, 0.2) is 16.0 Å². The van der Waals surface area contributed by atoms with E-state index in [9.17, 15) is 4.79 Å². The minimum Gasteiger partial charge on any atom is -0.465 e. The average molecular weight is 491 g/mol. The second-order valence-corrected chi connectivity index (χ2v) is 9.83. The lowest BCUT2D eigenvalue weighted by Crippen LogP contribution is -2.37. The maximum atomic E-state index is 13.4. The number of ether oxygens (including phenoxy) is 1. The standard InChI is InChI=1S/C24H15ClN4O2S2/c25-13-9-10-18-14(11-13)21(30)15(12-26-23-27-16-5-1-3-7-19(16)32-23)22(31-18)29-24-28-17-6-2-4-8-20(17)33-24/h1-12,22H,(H,26,27)(H,28,29)/b15-12-/t22-/m1/s1. The van der Waals surface area contributed by atoms with Crippen molar-refractivity contribution in [3.8, 4) is 5.75 Å². The molecule has 0 amide bonds. The molecule has 6 rings (SSSR count). The van der Waals surface area contributed by atoms with Crippen molar-refractivity contribution in [1.29, 1.82) is 0 Å². The zero-order valence-corrected chi connectivity index (χ0v) is 19.3. The molecule has 3 aromatic carbocycles. The smallest absolute Gasteiger partial charge is 0.203 e. The van der Waals surface area contributed by atoms with E-state index in [2.05, 4.69) is 20.6 Å². The van der Waals surface area contributed by atoms with Gasteiger partial charge in [0.25, 0.3) is 0 Å². The second-order valence-electron chi connectivity index (χ2n) is 7.33. The number of thiazole rings is 2. The van der Waals surface area contributed by atoms with Gasteiger partial charge in [-0.2, -0.15) is 0 Å². The van der Waals surface area contributed by atoms with Crippen LogP contribution in [0.5, 0.6) is 5.75 Å². The summed E-state index contributed by atoms with van der Waals surface area (Å²) in [6.45, 7) is 0. The van der Waals surface area contributed by atoms with Crippen molar-refractivity contribution < 1.29 is 9.53 Å². The number of para-hydroxylation sites is 2. The number of Topliss-reactive ketones (excluding diaryl/α,β-unsaturated/α-hetero) is 1. The summed E-state index contributed by atoms with van der Waals surface area (Å²) in [4.78, 5) is 22.6. The van der Waals surface area contributed by atoms with Crippen molar-refractivity contribution >= 4 is 70.8 Å². The van der Waals surface area contributed by atoms with Gasteiger partial charge in [-0.3, -0.25) is 4.79 Å². The molecule has 0 unspecified atom stereocenters. The number of nitrogens with zero attached hydrogens (tertiary/aromatic N) is 2. The Morgan fingerprint density at radius 2 is 1.58 bits per heavy atom. The number of rotatable bonds is 4. The van der Waals surface area contributed by atoms with Crippen molar-refractivity contribution in [2.24, 2.45) is 0 Å². The molecule has 1 aliphatic heterocycles. The lowest BCUT2D eigenvalue weighted by molar-refractivity contribution is 0.0973. The van der Waals surface area contributed by atoms with Crippen LogP contribution in [0.25, 0.3) is 20.4 Å². The molecule has 0 spiro atoms. The predicted octanol–water partition coefficient (Wildman–Crippen LogP) is 6.57. The Kier molecular flexibility index (Phi) is 4.98. The van der Waals surface area contributed by atoms with Gasteiger partial charge in [0.1, 0.15) is 5.75 Å². The van der Waals surface area contributed by atoms with Crippen LogP contribution in [0.1, 0.15) is 10.4 Å². The normalized spacial score (nSPS) is 16.7. The summed E-state index contributed by atoms with van der Waals surface area (Å²) in [6, 6.07) is 20.8. The number of hydrogen-bond acceptors (Lipinski definition) is 8. The van der Waals surface area contributed by atoms with E-state index in [1.807, 2.05) is 48.5 Å². The molecule has 0 radical (unpaired) electrons. The largest absolute Gasteiger partial charge is 0.465 e. The molecule has 3 heterocycles. The first-order valence-electron chi connectivity index (χ1n) is 10.1. The zero-order chi connectivity index (χ0) is 22.4. The number of benzene rings is 3. The summed E-state index contributed by atoms with van der Waals surface area (Å²) in [5.74, 6) is 0.297. The van der Waals surface area contributed by atoms with E-state index in [1.54, 1.807) is 24.4 Å². The first-order valence-corrected chi connectivity index (χ1v) is 12.1. The lowest BCUT2D eigenvalue weighted by atomic mass is 9.99. The molecule has 0 bridgehead atoms. The van der Waals surface area contributed by atoms with Crippen LogP contribution < -0.4 is 15.4 Å². The number of ketones is 1. The molecular formula is C24H15ClN4O2S2. The lowest BCUT2D eigenvalue weighted by Gasteiger charge is -2.28. The van der Waals surface area contributed by atoms with Crippen LogP contribution in [-0.4, -0.2) is 22.0 Å². The van der Waals surface area contributed by atoms with Crippen LogP contribution >= 0.6 is 34.3 Å². The van der Waals surface area contributed by atoms with E-state index < -0.39 is 6.23 Å². The van der Waals surface area contributed by atoms with Crippen LogP contribution in [0.15, 0.2) is 78.5 Å². The van der Waals surface area contributed by atoms with E-state index in [1.165, 1.54) is 22.7 Å². The maximum Gasteiger partial charge on any atom is 0.203 e. The molecule has 0 saturated heterocycles. The van der Waals surface area contributed by atoms with E-state index in [4.69, 9.17) is 16.3 Å². The second kappa shape index (κ2) is 8.15. The fourth-order valence-corrected chi connectivity index (χ4v) is 5.51. The molecule has 0 saturated carbocycles. The van der Waals surface area contributed by atoms with Gasteiger partial charge in [-0.1, -0.05) is 58.5 Å². The van der Waals surface area contributed by atoms with Gasteiger partial charge in [0, 0.05) is 11.2 Å². The number of aromatic nitrogens is 2. The SMILES string of the molecule is O=C1/C(=C/Nc2nc3ccccc3s2)[C@H](Nc2nc3ccccc3s2)Oc2ccc(Cl)cc21. The number of nitrogens with one attached hydrogen (secondary N) is 2. The molecule has 2 N–H and O–H groups in total. The summed E-state index contributed by atoms with van der Waals surface area (Å²) in [5, 5.41) is 8.28. The highest BCUT2D eigenvalue weighted by molar-refractivity contribution is 7.22. The molecule has 9 heteroatoms. The van der Waals surface area contributed by atoms with Crippen molar-refractivity contribution in [3.05, 3.63) is 89.1 Å². The molecule has 33 heavy (non-hydrogen) atoms. The van der Waals surface area contributed by atoms with Crippen molar-refractivity contribution in [2.75, 3.05) is 10.6 Å². The third kappa shape index (κ3) is 3.82. The highest BCUT2D eigenvalue weighted by atomic mass is 35.5. The number of fused-ring (bicyclic) bond motifs is 3. The Morgan fingerprint density at radius 1 is 0.909 bits per heavy atom. The summed E-state index contributed by atoms with van der Waals surface area (Å²) in [6.07, 6.45) is 0.920. The topological polar surface area (TPSA) is 76.1 Å². The molecule has 1 aliphatic rings. The third-order valence-corrected chi connectivity index (χ3v) is 7.34. The van der Waals surface area contributed by atoms with Gasteiger partial charge < -0.3 is 15.4 Å². The van der Waals surface area contributed by atoms with Crippen LogP contribution in [0.2, 0.25) is 5.02 Å². The van der Waals surface area contributed by atoms with Crippen molar-refractivity contribution in [1.82, 2.24) is 9.97 Å². The van der Waals surface area contributed by atoms with Gasteiger partial charge in [-0.15, -0.1) is 0 Å². The van der Waals surface area contributed by atoms with Gasteiger partial charge >= 0.3 is 0 Å². The number of hydrogen-bond donors (Lipinski definition) is 2. The van der Waals surface area contributed by atoms with Gasteiger partial charge in [-0.05, 0) is 42.5 Å². The molecule has 2 aromatic heterocycles. The van der Waals surface area contributed by atoms with Crippen LogP contribution in [0.3, 0.4) is 0 Å². The van der Waals surface area contributed by atoms with Crippen LogP contribution in [-0.2, 0) is 0 Å². The van der Waals surface area contributed by atoms with Gasteiger partial charge in [-0.25, -0.2) is 9.97 Å².